The molecule has 0 aliphatic carbocycles. The van der Waals surface area contributed by atoms with Crippen LogP contribution in [0.2, 0.25) is 0 Å². The average Bonchev–Trinajstić information content (AvgIpc) is 3.11. The summed E-state index contributed by atoms with van der Waals surface area (Å²) in [5.74, 6) is 6.06. The Morgan fingerprint density at radius 1 is 1.15 bits per heavy atom. The third-order valence-electron chi connectivity index (χ3n) is 6.00. The smallest absolute Gasteiger partial charge is 0.332 e. The van der Waals surface area contributed by atoms with Gasteiger partial charge in [-0.25, -0.2) is 14.8 Å². The summed E-state index contributed by atoms with van der Waals surface area (Å²) in [4.78, 5) is 34.3. The van der Waals surface area contributed by atoms with Crippen molar-refractivity contribution in [3.8, 4) is 5.88 Å². The molecule has 10 heteroatoms. The Bertz CT molecular complexity index is 1410. The summed E-state index contributed by atoms with van der Waals surface area (Å²) in [7, 11) is -0.164. The van der Waals surface area contributed by atoms with Crippen LogP contribution in [0.1, 0.15) is 38.1 Å². The van der Waals surface area contributed by atoms with Gasteiger partial charge in [0.2, 0.25) is 5.88 Å². The van der Waals surface area contributed by atoms with Gasteiger partial charge in [0.05, 0.1) is 0 Å². The molecule has 1 aliphatic rings. The van der Waals surface area contributed by atoms with E-state index < -0.39 is 9.52 Å². The van der Waals surface area contributed by atoms with Gasteiger partial charge in [-0.2, -0.15) is 0 Å². The molecule has 4 heterocycles. The quantitative estimate of drug-likeness (QED) is 0.508. The van der Waals surface area contributed by atoms with Crippen LogP contribution in [0.15, 0.2) is 27.9 Å². The molecule has 0 amide bonds. The lowest BCUT2D eigenvalue weighted by molar-refractivity contribution is 0.183. The van der Waals surface area contributed by atoms with Crippen LogP contribution < -0.4 is 16.0 Å². The van der Waals surface area contributed by atoms with E-state index in [1.165, 1.54) is 9.13 Å². The van der Waals surface area contributed by atoms with Crippen LogP contribution in [0.5, 0.6) is 5.88 Å². The Hall–Kier alpha value is -3.14. The van der Waals surface area contributed by atoms with Gasteiger partial charge in [-0.15, -0.1) is 0 Å². The molecular formula is C23H29N5O4S. The normalized spacial score (nSPS) is 21.1. The summed E-state index contributed by atoms with van der Waals surface area (Å²) in [6.45, 7) is 4.36. The van der Waals surface area contributed by atoms with Crippen LogP contribution in [0.3, 0.4) is 0 Å². The van der Waals surface area contributed by atoms with Gasteiger partial charge >= 0.3 is 5.69 Å². The minimum Gasteiger partial charge on any atom is -0.474 e. The molecule has 176 valence electrons. The standard InChI is InChI=1S/C23H29N5O4S/c1-5-27-21-20(22(29)28(6-2)23(27)30)26(3)18(25-21)9-7-16-8-10-19(24-15-16)32-17-11-13-33(4,31)14-12-17/h7-10,15,17H,4-6,11-14H2,1-3H3/b9-7+. The molecule has 0 spiro atoms. The molecule has 1 saturated heterocycles. The average molecular weight is 472 g/mol. The molecule has 0 bridgehead atoms. The number of aromatic nitrogens is 5. The topological polar surface area (TPSA) is 101 Å². The predicted octanol–water partition coefficient (Wildman–Crippen LogP) is 1.76. The SMILES string of the molecule is C=S1(=O)CCC(Oc2ccc(/C=C/c3nc4c(c(=O)n(CC)c(=O)n4CC)n3C)cn2)CC1. The molecule has 0 unspecified atom stereocenters. The second kappa shape index (κ2) is 9.01. The van der Waals surface area contributed by atoms with Gasteiger partial charge in [0.25, 0.3) is 5.56 Å². The number of nitrogens with zero attached hydrogens (tertiary/aromatic N) is 5. The second-order valence-corrected chi connectivity index (χ2v) is 11.0. The lowest BCUT2D eigenvalue weighted by Crippen LogP contribution is -2.39. The molecular weight excluding hydrogens is 442 g/mol. The van der Waals surface area contributed by atoms with Crippen molar-refractivity contribution in [3.63, 3.8) is 0 Å². The van der Waals surface area contributed by atoms with Crippen LogP contribution in [0.4, 0.5) is 0 Å². The number of rotatable bonds is 6. The van der Waals surface area contributed by atoms with E-state index in [2.05, 4.69) is 15.8 Å². The number of hydrogen-bond acceptors (Lipinski definition) is 6. The van der Waals surface area contributed by atoms with Crippen LogP contribution in [0.25, 0.3) is 23.3 Å². The minimum absolute atomic E-state index is 0.0125. The molecule has 0 saturated carbocycles. The molecule has 9 nitrogen and oxygen atoms in total. The first-order valence-electron chi connectivity index (χ1n) is 11.1. The van der Waals surface area contributed by atoms with Crippen molar-refractivity contribution in [2.75, 3.05) is 11.5 Å². The van der Waals surface area contributed by atoms with Crippen LogP contribution in [0, 0.1) is 0 Å². The number of imidazole rings is 1. The molecule has 3 aromatic rings. The Morgan fingerprint density at radius 2 is 1.85 bits per heavy atom. The lowest BCUT2D eigenvalue weighted by Gasteiger charge is -2.24. The highest BCUT2D eigenvalue weighted by atomic mass is 32.2. The summed E-state index contributed by atoms with van der Waals surface area (Å²) >= 11 is 0. The number of aryl methyl sites for hydroxylation is 2. The summed E-state index contributed by atoms with van der Waals surface area (Å²) in [6, 6.07) is 3.69. The molecule has 4 rings (SSSR count). The van der Waals surface area contributed by atoms with E-state index in [4.69, 9.17) is 4.74 Å². The first kappa shape index (κ1) is 23.0. The van der Waals surface area contributed by atoms with E-state index >= 15 is 0 Å². The maximum absolute atomic E-state index is 12.8. The van der Waals surface area contributed by atoms with E-state index in [0.717, 1.165) is 18.4 Å². The summed E-state index contributed by atoms with van der Waals surface area (Å²) < 4.78 is 22.4. The van der Waals surface area contributed by atoms with Crippen molar-refractivity contribution < 1.29 is 8.95 Å². The number of fused-ring (bicyclic) bond motifs is 1. The largest absolute Gasteiger partial charge is 0.474 e. The zero-order valence-electron chi connectivity index (χ0n) is 19.2. The highest BCUT2D eigenvalue weighted by Crippen LogP contribution is 2.19. The van der Waals surface area contributed by atoms with Crippen molar-refractivity contribution >= 4 is 38.7 Å². The fourth-order valence-electron chi connectivity index (χ4n) is 4.05. The Morgan fingerprint density at radius 3 is 2.45 bits per heavy atom. The Balaban J connectivity index is 1.56. The fraction of sp³-hybridized carbons (Fsp3) is 0.435. The Kier molecular flexibility index (Phi) is 6.29. The van der Waals surface area contributed by atoms with Crippen LogP contribution in [-0.4, -0.2) is 51.4 Å². The van der Waals surface area contributed by atoms with E-state index in [1.54, 1.807) is 36.9 Å². The molecule has 1 fully saturated rings. The van der Waals surface area contributed by atoms with Gasteiger partial charge in [0.1, 0.15) is 11.9 Å². The van der Waals surface area contributed by atoms with E-state index in [9.17, 15) is 13.8 Å². The highest BCUT2D eigenvalue weighted by Gasteiger charge is 2.21. The van der Waals surface area contributed by atoms with E-state index in [1.807, 2.05) is 19.1 Å². The molecule has 0 radical (unpaired) electrons. The molecule has 33 heavy (non-hydrogen) atoms. The third kappa shape index (κ3) is 4.52. The van der Waals surface area contributed by atoms with Crippen molar-refractivity contribution in [2.24, 2.45) is 7.05 Å². The van der Waals surface area contributed by atoms with Gasteiger partial charge < -0.3 is 9.30 Å². The molecule has 0 atom stereocenters. The lowest BCUT2D eigenvalue weighted by atomic mass is 10.2. The molecule has 0 aromatic carbocycles. The second-order valence-electron chi connectivity index (χ2n) is 8.23. The van der Waals surface area contributed by atoms with Crippen molar-refractivity contribution in [1.29, 1.82) is 0 Å². The van der Waals surface area contributed by atoms with Gasteiger partial charge in [-0.05, 0) is 65.9 Å². The van der Waals surface area contributed by atoms with Crippen molar-refractivity contribution in [1.82, 2.24) is 23.7 Å². The summed E-state index contributed by atoms with van der Waals surface area (Å²) in [5.41, 5.74) is 0.954. The maximum Gasteiger partial charge on any atom is 0.332 e. The fourth-order valence-corrected chi connectivity index (χ4v) is 5.64. The van der Waals surface area contributed by atoms with Crippen molar-refractivity contribution in [3.05, 3.63) is 50.6 Å². The number of pyridine rings is 1. The first-order chi connectivity index (χ1) is 15.7. The summed E-state index contributed by atoms with van der Waals surface area (Å²) in [6.07, 6.45) is 6.81. The van der Waals surface area contributed by atoms with Gasteiger partial charge in [0, 0.05) is 43.9 Å². The van der Waals surface area contributed by atoms with Gasteiger partial charge in [-0.3, -0.25) is 18.1 Å². The molecule has 3 aromatic heterocycles. The highest BCUT2D eigenvalue weighted by molar-refractivity contribution is 8.00. The van der Waals surface area contributed by atoms with E-state index in [0.29, 0.717) is 47.5 Å². The molecule has 1 aliphatic heterocycles. The van der Waals surface area contributed by atoms with Gasteiger partial charge in [0.15, 0.2) is 11.2 Å². The van der Waals surface area contributed by atoms with Gasteiger partial charge in [-0.1, -0.05) is 0 Å². The molecule has 0 N–H and O–H groups in total. The zero-order valence-corrected chi connectivity index (χ0v) is 20.0. The van der Waals surface area contributed by atoms with Crippen molar-refractivity contribution in [2.45, 2.75) is 45.9 Å². The Labute approximate surface area is 192 Å². The maximum atomic E-state index is 12.8. The van der Waals surface area contributed by atoms with E-state index in [-0.39, 0.29) is 17.4 Å². The third-order valence-corrected chi connectivity index (χ3v) is 7.96. The monoisotopic (exact) mass is 471 g/mol. The zero-order chi connectivity index (χ0) is 23.8. The summed E-state index contributed by atoms with van der Waals surface area (Å²) in [5, 5.41) is 0. The predicted molar refractivity (Wildman–Crippen MR) is 132 cm³/mol. The first-order valence-corrected chi connectivity index (χ1v) is 13.1. The van der Waals surface area contributed by atoms with Crippen LogP contribution in [-0.2, 0) is 29.7 Å². The van der Waals surface area contributed by atoms with Crippen LogP contribution >= 0.6 is 0 Å². The number of ether oxygens (including phenoxy) is 1. The minimum atomic E-state index is -1.93. The number of hydrogen-bond donors (Lipinski definition) is 0.